The number of halogens is 1. The molecule has 118 valence electrons. The van der Waals surface area contributed by atoms with Gasteiger partial charge in [-0.1, -0.05) is 35.9 Å². The number of anilines is 1. The van der Waals surface area contributed by atoms with Crippen molar-refractivity contribution in [3.05, 3.63) is 39.4 Å². The van der Waals surface area contributed by atoms with Crippen LogP contribution >= 0.6 is 22.9 Å². The van der Waals surface area contributed by atoms with Gasteiger partial charge in [-0.2, -0.15) is 5.26 Å². The summed E-state index contributed by atoms with van der Waals surface area (Å²) in [5.74, 6) is -0.0222. The van der Waals surface area contributed by atoms with Crippen LogP contribution in [0.15, 0.2) is 23.8 Å². The van der Waals surface area contributed by atoms with Gasteiger partial charge >= 0.3 is 0 Å². The number of amides is 1. The van der Waals surface area contributed by atoms with E-state index in [9.17, 15) is 10.1 Å². The van der Waals surface area contributed by atoms with Gasteiger partial charge in [0, 0.05) is 0 Å². The average molecular weight is 349 g/mol. The smallest absolute Gasteiger partial charge is 0.268 e. The van der Waals surface area contributed by atoms with Crippen molar-refractivity contribution < 1.29 is 9.53 Å². The molecule has 6 nitrogen and oxygen atoms in total. The lowest BCUT2D eigenvalue weighted by Crippen LogP contribution is -2.13. The van der Waals surface area contributed by atoms with E-state index in [0.29, 0.717) is 21.5 Å². The lowest BCUT2D eigenvalue weighted by molar-refractivity contribution is -0.112. The van der Waals surface area contributed by atoms with Crippen LogP contribution in [0.2, 0.25) is 5.02 Å². The van der Waals surface area contributed by atoms with Crippen molar-refractivity contribution in [3.63, 3.8) is 0 Å². The maximum Gasteiger partial charge on any atom is 0.268 e. The maximum absolute atomic E-state index is 12.1. The molecule has 8 heteroatoms. The summed E-state index contributed by atoms with van der Waals surface area (Å²) in [6, 6.07) is 6.86. The van der Waals surface area contributed by atoms with E-state index in [0.717, 1.165) is 11.4 Å². The fourth-order valence-electron chi connectivity index (χ4n) is 1.70. The number of nitrogens with zero attached hydrogens (tertiary/aromatic N) is 3. The molecule has 0 saturated carbocycles. The quantitative estimate of drug-likeness (QED) is 0.661. The largest absolute Gasteiger partial charge is 0.495 e. The highest BCUT2D eigenvalue weighted by molar-refractivity contribution is 7.15. The molecule has 1 N–H and O–H groups in total. The number of hydrogen-bond donors (Lipinski definition) is 1. The number of carbonyl (C=O) groups is 1. The fourth-order valence-corrected chi connectivity index (χ4v) is 2.64. The Bertz CT molecular complexity index is 795. The Kier molecular flexibility index (Phi) is 5.68. The maximum atomic E-state index is 12.1. The first-order valence-corrected chi connectivity index (χ1v) is 7.86. The van der Waals surface area contributed by atoms with Crippen molar-refractivity contribution in [2.24, 2.45) is 0 Å². The molecule has 1 amide bonds. The van der Waals surface area contributed by atoms with Crippen molar-refractivity contribution in [1.82, 2.24) is 10.2 Å². The second kappa shape index (κ2) is 7.72. The molecule has 0 saturated heterocycles. The topological polar surface area (TPSA) is 87.9 Å². The molecule has 0 aliphatic carbocycles. The Morgan fingerprint density at radius 3 is 2.87 bits per heavy atom. The van der Waals surface area contributed by atoms with E-state index in [1.165, 1.54) is 24.5 Å². The molecule has 0 spiro atoms. The third-order valence-corrected chi connectivity index (χ3v) is 4.12. The van der Waals surface area contributed by atoms with Crippen molar-refractivity contribution in [1.29, 1.82) is 5.26 Å². The molecule has 2 aromatic rings. The van der Waals surface area contributed by atoms with Gasteiger partial charge in [0.05, 0.1) is 12.1 Å². The summed E-state index contributed by atoms with van der Waals surface area (Å²) in [6.07, 6.45) is 2.18. The van der Waals surface area contributed by atoms with Gasteiger partial charge in [0.1, 0.15) is 22.4 Å². The van der Waals surface area contributed by atoms with Crippen LogP contribution in [0.4, 0.5) is 5.13 Å². The lowest BCUT2D eigenvalue weighted by atomic mass is 10.1. The highest BCUT2D eigenvalue weighted by Crippen LogP contribution is 2.26. The van der Waals surface area contributed by atoms with E-state index in [-0.39, 0.29) is 5.57 Å². The standard InChI is InChI=1S/C15H13ClN4O2S/c1-3-13-19-20-15(23-13)18-14(21)10(8-17)6-9-4-5-12(22-2)11(16)7-9/h4-7H,3H2,1-2H3,(H,18,20,21). The number of nitriles is 1. The molecule has 0 unspecified atom stereocenters. The molecule has 0 fully saturated rings. The first kappa shape index (κ1) is 16.9. The zero-order chi connectivity index (χ0) is 16.8. The molecular formula is C15H13ClN4O2S. The van der Waals surface area contributed by atoms with Gasteiger partial charge < -0.3 is 4.74 Å². The van der Waals surface area contributed by atoms with Crippen LogP contribution in [0.3, 0.4) is 0 Å². The molecule has 23 heavy (non-hydrogen) atoms. The summed E-state index contributed by atoms with van der Waals surface area (Å²) < 4.78 is 5.06. The minimum atomic E-state index is -0.543. The van der Waals surface area contributed by atoms with Gasteiger partial charge in [0.15, 0.2) is 0 Å². The van der Waals surface area contributed by atoms with E-state index in [1.54, 1.807) is 18.2 Å². The fraction of sp³-hybridized carbons (Fsp3) is 0.200. The Hall–Kier alpha value is -2.43. The van der Waals surface area contributed by atoms with Crippen molar-refractivity contribution in [3.8, 4) is 11.8 Å². The summed E-state index contributed by atoms with van der Waals surface area (Å²) in [5.41, 5.74) is 0.563. The number of nitrogens with one attached hydrogen (secondary N) is 1. The summed E-state index contributed by atoms with van der Waals surface area (Å²) >= 11 is 7.30. The van der Waals surface area contributed by atoms with Gasteiger partial charge in [0.25, 0.3) is 5.91 Å². The van der Waals surface area contributed by atoms with E-state index in [4.69, 9.17) is 16.3 Å². The van der Waals surface area contributed by atoms with Crippen LogP contribution in [0.1, 0.15) is 17.5 Å². The first-order valence-electron chi connectivity index (χ1n) is 6.66. The number of benzene rings is 1. The molecule has 1 heterocycles. The zero-order valence-corrected chi connectivity index (χ0v) is 14.0. The normalized spacial score (nSPS) is 11.0. The number of hydrogen-bond acceptors (Lipinski definition) is 6. The highest BCUT2D eigenvalue weighted by Gasteiger charge is 2.13. The van der Waals surface area contributed by atoms with Crippen LogP contribution in [0.5, 0.6) is 5.75 Å². The monoisotopic (exact) mass is 348 g/mol. The molecule has 0 aliphatic rings. The predicted molar refractivity (Wildman–Crippen MR) is 89.5 cm³/mol. The molecule has 1 aromatic carbocycles. The van der Waals surface area contributed by atoms with Gasteiger partial charge in [-0.05, 0) is 30.2 Å². The number of carbonyl (C=O) groups excluding carboxylic acids is 1. The Balaban J connectivity index is 2.19. The second-order valence-electron chi connectivity index (χ2n) is 4.37. The van der Waals surface area contributed by atoms with E-state index < -0.39 is 5.91 Å². The van der Waals surface area contributed by atoms with Crippen LogP contribution in [0.25, 0.3) is 6.08 Å². The number of methoxy groups -OCH3 is 1. The second-order valence-corrected chi connectivity index (χ2v) is 5.84. The van der Waals surface area contributed by atoms with Gasteiger partial charge in [-0.3, -0.25) is 10.1 Å². The molecule has 2 rings (SSSR count). The molecular weight excluding hydrogens is 336 g/mol. The van der Waals surface area contributed by atoms with Gasteiger partial charge in [-0.15, -0.1) is 10.2 Å². The number of rotatable bonds is 5. The first-order chi connectivity index (χ1) is 11.1. The minimum absolute atomic E-state index is 0.0560. The average Bonchev–Trinajstić information content (AvgIpc) is 3.00. The molecule has 0 radical (unpaired) electrons. The highest BCUT2D eigenvalue weighted by atomic mass is 35.5. The van der Waals surface area contributed by atoms with Crippen LogP contribution in [-0.4, -0.2) is 23.2 Å². The summed E-state index contributed by atoms with van der Waals surface area (Å²) in [4.78, 5) is 12.1. The van der Waals surface area contributed by atoms with Crippen LogP contribution < -0.4 is 10.1 Å². The summed E-state index contributed by atoms with van der Waals surface area (Å²) in [7, 11) is 1.51. The molecule has 1 aromatic heterocycles. The zero-order valence-electron chi connectivity index (χ0n) is 12.5. The van der Waals surface area contributed by atoms with E-state index in [2.05, 4.69) is 15.5 Å². The predicted octanol–water partition coefficient (Wildman–Crippen LogP) is 3.31. The minimum Gasteiger partial charge on any atom is -0.495 e. The van der Waals surface area contributed by atoms with Crippen molar-refractivity contribution in [2.45, 2.75) is 13.3 Å². The molecule has 0 aliphatic heterocycles. The van der Waals surface area contributed by atoms with Crippen LogP contribution in [-0.2, 0) is 11.2 Å². The molecule has 0 atom stereocenters. The number of aryl methyl sites for hydroxylation is 1. The van der Waals surface area contributed by atoms with E-state index in [1.807, 2.05) is 13.0 Å². The van der Waals surface area contributed by atoms with Gasteiger partial charge in [0.2, 0.25) is 5.13 Å². The third kappa shape index (κ3) is 4.28. The lowest BCUT2D eigenvalue weighted by Gasteiger charge is -2.04. The summed E-state index contributed by atoms with van der Waals surface area (Å²) in [5, 5.41) is 21.1. The van der Waals surface area contributed by atoms with Crippen molar-refractivity contribution >= 4 is 40.1 Å². The Morgan fingerprint density at radius 2 is 2.30 bits per heavy atom. The van der Waals surface area contributed by atoms with Crippen LogP contribution in [0, 0.1) is 11.3 Å². The van der Waals surface area contributed by atoms with Gasteiger partial charge in [-0.25, -0.2) is 0 Å². The number of ether oxygens (including phenoxy) is 1. The van der Waals surface area contributed by atoms with Crippen molar-refractivity contribution in [2.75, 3.05) is 12.4 Å². The Labute approximate surface area is 142 Å². The third-order valence-electron chi connectivity index (χ3n) is 2.84. The Morgan fingerprint density at radius 1 is 1.52 bits per heavy atom. The summed E-state index contributed by atoms with van der Waals surface area (Å²) in [6.45, 7) is 1.94. The molecule has 0 bridgehead atoms. The SMILES string of the molecule is CCc1nnc(NC(=O)C(C#N)=Cc2ccc(OC)c(Cl)c2)s1. The number of aromatic nitrogens is 2. The van der Waals surface area contributed by atoms with E-state index >= 15 is 0 Å².